The Labute approximate surface area is 157 Å². The number of nitrogens with one attached hydrogen (secondary N) is 3. The summed E-state index contributed by atoms with van der Waals surface area (Å²) in [6, 6.07) is 4.81. The summed E-state index contributed by atoms with van der Waals surface area (Å²) in [4.78, 5) is 11.2. The quantitative estimate of drug-likeness (QED) is 0.382. The Kier molecular flexibility index (Phi) is 7.58. The number of hydrogen-bond acceptors (Lipinski definition) is 3. The molecule has 1 amide bonds. The molecule has 22 heavy (non-hydrogen) atoms. The van der Waals surface area contributed by atoms with E-state index in [9.17, 15) is 4.79 Å². The van der Waals surface area contributed by atoms with Crippen molar-refractivity contribution < 1.29 is 9.53 Å². The molecule has 122 valence electrons. The van der Waals surface area contributed by atoms with Gasteiger partial charge in [0.15, 0.2) is 11.3 Å². The molecular formula is C11H10Cl5N3O2S. The molecule has 5 nitrogen and oxygen atoms in total. The third-order valence-corrected chi connectivity index (χ3v) is 3.84. The van der Waals surface area contributed by atoms with Gasteiger partial charge in [-0.25, -0.2) is 4.79 Å². The van der Waals surface area contributed by atoms with Gasteiger partial charge in [0.05, 0.1) is 17.2 Å². The van der Waals surface area contributed by atoms with E-state index < -0.39 is 16.1 Å². The molecule has 1 unspecified atom stereocenters. The van der Waals surface area contributed by atoms with Gasteiger partial charge >= 0.3 is 6.09 Å². The topological polar surface area (TPSA) is 62.4 Å². The Hall–Kier alpha value is -0.370. The van der Waals surface area contributed by atoms with Crippen molar-refractivity contribution in [1.82, 2.24) is 10.6 Å². The van der Waals surface area contributed by atoms with Crippen molar-refractivity contribution in [2.45, 2.75) is 9.96 Å². The maximum absolute atomic E-state index is 11.2. The van der Waals surface area contributed by atoms with Gasteiger partial charge < -0.3 is 15.4 Å². The van der Waals surface area contributed by atoms with E-state index in [-0.39, 0.29) is 5.11 Å². The highest BCUT2D eigenvalue weighted by atomic mass is 35.6. The van der Waals surface area contributed by atoms with E-state index in [0.29, 0.717) is 15.7 Å². The smallest absolute Gasteiger partial charge is 0.408 e. The number of carbonyl (C=O) groups is 1. The Morgan fingerprint density at radius 2 is 1.86 bits per heavy atom. The number of amides is 1. The predicted molar refractivity (Wildman–Crippen MR) is 95.4 cm³/mol. The number of alkyl carbamates (subject to hydrolysis) is 1. The van der Waals surface area contributed by atoms with Crippen LogP contribution in [0.1, 0.15) is 0 Å². The van der Waals surface area contributed by atoms with E-state index in [1.807, 2.05) is 0 Å². The van der Waals surface area contributed by atoms with Crippen LogP contribution in [0.5, 0.6) is 0 Å². The molecule has 3 N–H and O–H groups in total. The first kappa shape index (κ1) is 19.7. The van der Waals surface area contributed by atoms with Crippen LogP contribution in [-0.4, -0.2) is 28.3 Å². The molecule has 0 aliphatic rings. The van der Waals surface area contributed by atoms with Crippen molar-refractivity contribution in [1.29, 1.82) is 0 Å². The highest BCUT2D eigenvalue weighted by Crippen LogP contribution is 2.29. The van der Waals surface area contributed by atoms with Crippen molar-refractivity contribution in [2.75, 3.05) is 12.4 Å². The van der Waals surface area contributed by atoms with E-state index >= 15 is 0 Å². The Bertz CT molecular complexity index is 567. The molecule has 0 saturated heterocycles. The lowest BCUT2D eigenvalue weighted by molar-refractivity contribution is 0.166. The molecule has 0 aliphatic carbocycles. The number of rotatable bonds is 3. The van der Waals surface area contributed by atoms with Gasteiger partial charge in [-0.2, -0.15) is 0 Å². The van der Waals surface area contributed by atoms with Crippen molar-refractivity contribution in [3.8, 4) is 0 Å². The van der Waals surface area contributed by atoms with Gasteiger partial charge in [-0.15, -0.1) is 0 Å². The molecule has 1 rings (SSSR count). The van der Waals surface area contributed by atoms with E-state index in [0.717, 1.165) is 0 Å². The number of anilines is 1. The third-order valence-electron chi connectivity index (χ3n) is 2.23. The van der Waals surface area contributed by atoms with Crippen LogP contribution in [0.2, 0.25) is 10.0 Å². The van der Waals surface area contributed by atoms with E-state index in [2.05, 4.69) is 20.7 Å². The van der Waals surface area contributed by atoms with Gasteiger partial charge in [0.2, 0.25) is 3.79 Å². The van der Waals surface area contributed by atoms with Gasteiger partial charge in [0.1, 0.15) is 0 Å². The van der Waals surface area contributed by atoms with Gasteiger partial charge in [-0.1, -0.05) is 58.0 Å². The highest BCUT2D eigenvalue weighted by Gasteiger charge is 2.35. The summed E-state index contributed by atoms with van der Waals surface area (Å²) < 4.78 is 2.58. The number of thiocarbonyl (C=S) groups is 1. The molecule has 1 aromatic carbocycles. The van der Waals surface area contributed by atoms with Crippen LogP contribution < -0.4 is 16.0 Å². The Balaban J connectivity index is 2.74. The monoisotopic (exact) mass is 423 g/mol. The molecule has 1 atom stereocenters. The molecule has 0 saturated carbocycles. The first-order valence-corrected chi connectivity index (χ1v) is 7.87. The molecule has 0 spiro atoms. The number of alkyl halides is 3. The fraction of sp³-hybridized carbons (Fsp3) is 0.273. The lowest BCUT2D eigenvalue weighted by atomic mass is 10.3. The zero-order chi connectivity index (χ0) is 16.9. The molecule has 0 radical (unpaired) electrons. The Morgan fingerprint density at radius 3 is 2.36 bits per heavy atom. The standard InChI is InChI=1S/C11H10Cl5N3O2S/c1-21-10(20)19-8(11(14,15)16)18-9(22)17-5-2-3-6(12)7(13)4-5/h2-4,8H,1H3,(H,19,20)(H2,17,18,22). The maximum Gasteiger partial charge on any atom is 0.408 e. The van der Waals surface area contributed by atoms with Crippen LogP contribution >= 0.6 is 70.2 Å². The second-order valence-corrected chi connectivity index (χ2v) is 7.43. The maximum atomic E-state index is 11.2. The summed E-state index contributed by atoms with van der Waals surface area (Å²) >= 11 is 34.1. The lowest BCUT2D eigenvalue weighted by Crippen LogP contribution is -2.56. The van der Waals surface area contributed by atoms with E-state index in [1.54, 1.807) is 18.2 Å². The summed E-state index contributed by atoms with van der Waals surface area (Å²) in [6.45, 7) is 0. The first-order chi connectivity index (χ1) is 10.1. The molecule has 0 aromatic heterocycles. The molecule has 1 aromatic rings. The average molecular weight is 426 g/mol. The third kappa shape index (κ3) is 6.40. The SMILES string of the molecule is COC(=O)NC(NC(=S)Nc1ccc(Cl)c(Cl)c1)C(Cl)(Cl)Cl. The van der Waals surface area contributed by atoms with Crippen LogP contribution in [0.15, 0.2) is 18.2 Å². The summed E-state index contributed by atoms with van der Waals surface area (Å²) in [5.74, 6) is 0. The van der Waals surface area contributed by atoms with Crippen molar-refractivity contribution in [3.63, 3.8) is 0 Å². The van der Waals surface area contributed by atoms with Gasteiger partial charge in [0, 0.05) is 5.69 Å². The van der Waals surface area contributed by atoms with E-state index in [4.69, 9.17) is 70.2 Å². The average Bonchev–Trinajstić information content (AvgIpc) is 2.41. The fourth-order valence-corrected chi connectivity index (χ4v) is 2.11. The molecule has 11 heteroatoms. The summed E-state index contributed by atoms with van der Waals surface area (Å²) in [7, 11) is 1.18. The van der Waals surface area contributed by atoms with Crippen LogP contribution in [-0.2, 0) is 4.74 Å². The molecule has 0 bridgehead atoms. The lowest BCUT2D eigenvalue weighted by Gasteiger charge is -2.27. The zero-order valence-electron chi connectivity index (χ0n) is 10.9. The number of methoxy groups -OCH3 is 1. The molecular weight excluding hydrogens is 415 g/mol. The summed E-state index contributed by atoms with van der Waals surface area (Å²) in [6.07, 6.45) is -1.91. The number of halogens is 5. The number of benzene rings is 1. The zero-order valence-corrected chi connectivity index (χ0v) is 15.5. The predicted octanol–water partition coefficient (Wildman–Crippen LogP) is 4.33. The van der Waals surface area contributed by atoms with E-state index in [1.165, 1.54) is 7.11 Å². The fourth-order valence-electron chi connectivity index (χ4n) is 1.25. The summed E-state index contributed by atoms with van der Waals surface area (Å²) in [5, 5.41) is 8.59. The Morgan fingerprint density at radius 1 is 1.23 bits per heavy atom. The van der Waals surface area contributed by atoms with Crippen molar-refractivity contribution >= 4 is 87.1 Å². The summed E-state index contributed by atoms with van der Waals surface area (Å²) in [5.41, 5.74) is 0.563. The number of hydrogen-bond donors (Lipinski definition) is 3. The minimum Gasteiger partial charge on any atom is -0.453 e. The van der Waals surface area contributed by atoms with Gasteiger partial charge in [-0.3, -0.25) is 5.32 Å². The second kappa shape index (κ2) is 8.47. The number of ether oxygens (including phenoxy) is 1. The van der Waals surface area contributed by atoms with Gasteiger partial charge in [-0.05, 0) is 30.4 Å². The molecule has 0 aliphatic heterocycles. The molecule has 0 heterocycles. The van der Waals surface area contributed by atoms with Crippen molar-refractivity contribution in [2.24, 2.45) is 0 Å². The highest BCUT2D eigenvalue weighted by molar-refractivity contribution is 7.80. The normalized spacial score (nSPS) is 12.3. The van der Waals surface area contributed by atoms with Crippen LogP contribution in [0.4, 0.5) is 10.5 Å². The largest absolute Gasteiger partial charge is 0.453 e. The van der Waals surface area contributed by atoms with Crippen LogP contribution in [0.3, 0.4) is 0 Å². The first-order valence-electron chi connectivity index (χ1n) is 5.57. The van der Waals surface area contributed by atoms with Crippen LogP contribution in [0, 0.1) is 0 Å². The second-order valence-electron chi connectivity index (χ2n) is 3.84. The van der Waals surface area contributed by atoms with Crippen LogP contribution in [0.25, 0.3) is 0 Å². The van der Waals surface area contributed by atoms with Gasteiger partial charge in [0.25, 0.3) is 0 Å². The minimum atomic E-state index is -1.86. The molecule has 0 fully saturated rings. The minimum absolute atomic E-state index is 0.0890. The van der Waals surface area contributed by atoms with Crippen molar-refractivity contribution in [3.05, 3.63) is 28.2 Å². The number of carbonyl (C=O) groups excluding carboxylic acids is 1.